The number of thiazole rings is 1. The lowest BCUT2D eigenvalue weighted by Crippen LogP contribution is -2.24. The zero-order valence-electron chi connectivity index (χ0n) is 14.2. The Morgan fingerprint density at radius 1 is 1.23 bits per heavy atom. The third-order valence-electron chi connectivity index (χ3n) is 4.90. The molecule has 0 radical (unpaired) electrons. The highest BCUT2D eigenvalue weighted by atomic mass is 32.1. The maximum atomic E-state index is 13.0. The van der Waals surface area contributed by atoms with E-state index < -0.39 is 0 Å². The van der Waals surface area contributed by atoms with Gasteiger partial charge in [0, 0.05) is 22.0 Å². The Morgan fingerprint density at radius 3 is 2.96 bits per heavy atom. The van der Waals surface area contributed by atoms with Crippen LogP contribution >= 0.6 is 22.7 Å². The molecule has 0 spiro atoms. The third-order valence-corrected chi connectivity index (χ3v) is 7.05. The van der Waals surface area contributed by atoms with Crippen molar-refractivity contribution in [3.8, 4) is 0 Å². The van der Waals surface area contributed by atoms with Gasteiger partial charge in [0.1, 0.15) is 4.83 Å². The summed E-state index contributed by atoms with van der Waals surface area (Å²) < 4.78 is 3.16. The topological polar surface area (TPSA) is 69.3 Å². The van der Waals surface area contributed by atoms with Crippen LogP contribution in [-0.2, 0) is 19.4 Å². The number of thiophene rings is 1. The maximum Gasteiger partial charge on any atom is 0.262 e. The van der Waals surface area contributed by atoms with Crippen molar-refractivity contribution in [2.45, 2.75) is 39.2 Å². The molecule has 4 heterocycles. The van der Waals surface area contributed by atoms with Gasteiger partial charge in [0.25, 0.3) is 11.1 Å². The van der Waals surface area contributed by atoms with E-state index >= 15 is 0 Å². The fourth-order valence-electron chi connectivity index (χ4n) is 3.65. The molecular formula is C18H16N4O2S2. The molecule has 4 aromatic heterocycles. The van der Waals surface area contributed by atoms with Crippen LogP contribution in [0.25, 0.3) is 15.2 Å². The number of aromatic nitrogens is 4. The van der Waals surface area contributed by atoms with E-state index in [1.54, 1.807) is 26.6 Å². The Labute approximate surface area is 156 Å². The summed E-state index contributed by atoms with van der Waals surface area (Å²) in [7, 11) is 0. The first-order chi connectivity index (χ1) is 12.6. The van der Waals surface area contributed by atoms with Crippen molar-refractivity contribution < 1.29 is 0 Å². The second-order valence-electron chi connectivity index (χ2n) is 6.65. The van der Waals surface area contributed by atoms with Crippen molar-refractivity contribution in [1.29, 1.82) is 0 Å². The molecule has 0 aromatic carbocycles. The second kappa shape index (κ2) is 5.85. The van der Waals surface area contributed by atoms with Crippen molar-refractivity contribution in [3.63, 3.8) is 0 Å². The van der Waals surface area contributed by atoms with Crippen LogP contribution in [0.15, 0.2) is 27.4 Å². The lowest BCUT2D eigenvalue weighted by molar-refractivity contribution is 0.696. The van der Waals surface area contributed by atoms with E-state index in [0.29, 0.717) is 10.7 Å². The predicted molar refractivity (Wildman–Crippen MR) is 104 cm³/mol. The Balaban J connectivity index is 1.63. The Kier molecular flexibility index (Phi) is 3.58. The molecule has 132 valence electrons. The van der Waals surface area contributed by atoms with Gasteiger partial charge < -0.3 is 0 Å². The molecule has 5 rings (SSSR count). The van der Waals surface area contributed by atoms with E-state index in [2.05, 4.69) is 9.97 Å². The number of fused-ring (bicyclic) bond motifs is 4. The van der Waals surface area contributed by atoms with Gasteiger partial charge in [-0.1, -0.05) is 0 Å². The Bertz CT molecular complexity index is 1280. The predicted octanol–water partition coefficient (Wildman–Crippen LogP) is 2.76. The normalized spacial score (nSPS) is 14.2. The minimum atomic E-state index is -0.112. The molecule has 0 amide bonds. The molecule has 0 aliphatic heterocycles. The molecule has 0 saturated carbocycles. The molecule has 6 nitrogen and oxygen atoms in total. The van der Waals surface area contributed by atoms with Crippen LogP contribution < -0.4 is 11.1 Å². The van der Waals surface area contributed by atoms with Crippen LogP contribution in [0.3, 0.4) is 0 Å². The van der Waals surface area contributed by atoms with Gasteiger partial charge in [-0.05, 0) is 38.2 Å². The quantitative estimate of drug-likeness (QED) is 0.533. The van der Waals surface area contributed by atoms with E-state index in [1.165, 1.54) is 34.3 Å². The molecule has 0 N–H and O–H groups in total. The maximum absolute atomic E-state index is 13.0. The smallest absolute Gasteiger partial charge is 0.262 e. The van der Waals surface area contributed by atoms with Gasteiger partial charge in [0.05, 0.1) is 24.0 Å². The summed E-state index contributed by atoms with van der Waals surface area (Å²) >= 11 is 3.07. The summed E-state index contributed by atoms with van der Waals surface area (Å²) in [5, 5.41) is 2.67. The third kappa shape index (κ3) is 2.36. The Morgan fingerprint density at radius 2 is 2.08 bits per heavy atom. The van der Waals surface area contributed by atoms with Gasteiger partial charge >= 0.3 is 0 Å². The zero-order valence-corrected chi connectivity index (χ0v) is 15.8. The van der Waals surface area contributed by atoms with Gasteiger partial charge in [-0.2, -0.15) is 0 Å². The largest absolute Gasteiger partial charge is 0.293 e. The highest BCUT2D eigenvalue weighted by Crippen LogP contribution is 2.33. The summed E-state index contributed by atoms with van der Waals surface area (Å²) in [6.45, 7) is 2.14. The van der Waals surface area contributed by atoms with Gasteiger partial charge in [0.15, 0.2) is 4.96 Å². The van der Waals surface area contributed by atoms with Crippen LogP contribution in [0, 0.1) is 6.92 Å². The molecular weight excluding hydrogens is 368 g/mol. The first-order valence-electron chi connectivity index (χ1n) is 8.58. The molecule has 26 heavy (non-hydrogen) atoms. The Hall–Kier alpha value is -2.32. The first-order valence-corrected chi connectivity index (χ1v) is 10.3. The summed E-state index contributed by atoms with van der Waals surface area (Å²) in [6.07, 6.45) is 5.89. The van der Waals surface area contributed by atoms with Crippen molar-refractivity contribution in [3.05, 3.63) is 60.3 Å². The highest BCUT2D eigenvalue weighted by Gasteiger charge is 2.20. The van der Waals surface area contributed by atoms with E-state index in [4.69, 9.17) is 0 Å². The number of hydrogen-bond donors (Lipinski definition) is 0. The van der Waals surface area contributed by atoms with Crippen LogP contribution in [0.1, 0.15) is 34.7 Å². The lowest BCUT2D eigenvalue weighted by atomic mass is 9.97. The molecule has 0 saturated heterocycles. The first kappa shape index (κ1) is 15.9. The van der Waals surface area contributed by atoms with Crippen LogP contribution in [0.2, 0.25) is 0 Å². The molecule has 8 heteroatoms. The molecule has 0 atom stereocenters. The second-order valence-corrected chi connectivity index (χ2v) is 8.57. The standard InChI is InChI=1S/C18H16N4O2S2/c1-10-8-25-18-20-11(6-14(23)22(10)18)7-21-9-19-16-15(17(21)24)12-4-2-3-5-13(12)26-16/h6,8-9H,2-5,7H2,1H3. The van der Waals surface area contributed by atoms with Crippen molar-refractivity contribution >= 4 is 37.9 Å². The fraction of sp³-hybridized carbons (Fsp3) is 0.333. The molecule has 0 bridgehead atoms. The van der Waals surface area contributed by atoms with E-state index in [0.717, 1.165) is 35.2 Å². The minimum absolute atomic E-state index is 0.0289. The fourth-order valence-corrected chi connectivity index (χ4v) is 5.76. The number of hydrogen-bond acceptors (Lipinski definition) is 6. The highest BCUT2D eigenvalue weighted by molar-refractivity contribution is 7.18. The average molecular weight is 384 g/mol. The van der Waals surface area contributed by atoms with Crippen LogP contribution in [-0.4, -0.2) is 18.9 Å². The van der Waals surface area contributed by atoms with E-state index in [-0.39, 0.29) is 17.7 Å². The molecule has 4 aromatic rings. The van der Waals surface area contributed by atoms with Gasteiger partial charge in [-0.25, -0.2) is 9.97 Å². The summed E-state index contributed by atoms with van der Waals surface area (Å²) in [6, 6.07) is 1.51. The van der Waals surface area contributed by atoms with Crippen molar-refractivity contribution in [2.75, 3.05) is 0 Å². The zero-order chi connectivity index (χ0) is 17.8. The van der Waals surface area contributed by atoms with Crippen LogP contribution in [0.5, 0.6) is 0 Å². The molecule has 1 aliphatic carbocycles. The summed E-state index contributed by atoms with van der Waals surface area (Å²) in [5.74, 6) is 0. The van der Waals surface area contributed by atoms with Crippen molar-refractivity contribution in [2.24, 2.45) is 0 Å². The van der Waals surface area contributed by atoms with Crippen molar-refractivity contribution in [1.82, 2.24) is 18.9 Å². The average Bonchev–Trinajstić information content (AvgIpc) is 3.18. The molecule has 1 aliphatic rings. The lowest BCUT2D eigenvalue weighted by Gasteiger charge is -2.10. The van der Waals surface area contributed by atoms with E-state index in [9.17, 15) is 9.59 Å². The minimum Gasteiger partial charge on any atom is -0.293 e. The number of rotatable bonds is 2. The molecule has 0 fully saturated rings. The number of nitrogens with zero attached hydrogens (tertiary/aromatic N) is 4. The van der Waals surface area contributed by atoms with Gasteiger partial charge in [0.2, 0.25) is 0 Å². The number of aryl methyl sites for hydroxylation is 3. The molecule has 0 unspecified atom stereocenters. The van der Waals surface area contributed by atoms with Gasteiger partial charge in [-0.15, -0.1) is 22.7 Å². The summed E-state index contributed by atoms with van der Waals surface area (Å²) in [5.41, 5.74) is 2.50. The van der Waals surface area contributed by atoms with E-state index in [1.807, 2.05) is 12.3 Å². The monoisotopic (exact) mass is 384 g/mol. The van der Waals surface area contributed by atoms with Gasteiger partial charge in [-0.3, -0.25) is 18.6 Å². The summed E-state index contributed by atoms with van der Waals surface area (Å²) in [4.78, 5) is 37.2. The SMILES string of the molecule is Cc1csc2nc(Cn3cnc4sc5c(c4c3=O)CCCC5)cc(=O)n12. The van der Waals surface area contributed by atoms with Crippen LogP contribution in [0.4, 0.5) is 0 Å².